The number of likely N-dealkylation sites (N-methyl/N-ethyl adjacent to an activating group) is 1. The fourth-order valence-corrected chi connectivity index (χ4v) is 3.06. The first-order valence-electron chi connectivity index (χ1n) is 9.96. The van der Waals surface area contributed by atoms with Crippen LogP contribution in [0.5, 0.6) is 5.75 Å². The van der Waals surface area contributed by atoms with Crippen LogP contribution in [0.3, 0.4) is 0 Å². The highest BCUT2D eigenvalue weighted by Crippen LogP contribution is 2.16. The van der Waals surface area contributed by atoms with Gasteiger partial charge in [-0.15, -0.1) is 0 Å². The lowest BCUT2D eigenvalue weighted by molar-refractivity contribution is -0.881. The van der Waals surface area contributed by atoms with Crippen molar-refractivity contribution in [3.05, 3.63) is 59.2 Å². The van der Waals surface area contributed by atoms with Gasteiger partial charge >= 0.3 is 0 Å². The Hall–Kier alpha value is -2.86. The summed E-state index contributed by atoms with van der Waals surface area (Å²) in [4.78, 5) is 25.7. The molecular formula is C23H32N3O3+. The molecule has 6 nitrogen and oxygen atoms in total. The number of carbonyl (C=O) groups excluding carboxylic acids is 2. The third kappa shape index (κ3) is 6.91. The number of hydrogen-bond acceptors (Lipinski definition) is 3. The Kier molecular flexibility index (Phi) is 8.21. The van der Waals surface area contributed by atoms with Crippen LogP contribution in [-0.4, -0.2) is 38.6 Å². The third-order valence-electron chi connectivity index (χ3n) is 5.10. The summed E-state index contributed by atoms with van der Waals surface area (Å²) in [6.45, 7) is 9.25. The summed E-state index contributed by atoms with van der Waals surface area (Å²) < 4.78 is 5.11. The number of rotatable bonds is 9. The molecule has 29 heavy (non-hydrogen) atoms. The average molecular weight is 399 g/mol. The van der Waals surface area contributed by atoms with Crippen LogP contribution in [0.15, 0.2) is 42.5 Å². The van der Waals surface area contributed by atoms with Gasteiger partial charge in [0, 0.05) is 5.69 Å². The second-order valence-corrected chi connectivity index (χ2v) is 7.37. The molecule has 156 valence electrons. The Labute approximate surface area is 173 Å². The predicted octanol–water partition coefficient (Wildman–Crippen LogP) is 2.03. The summed E-state index contributed by atoms with van der Waals surface area (Å²) >= 11 is 0. The first-order chi connectivity index (χ1) is 13.8. The molecule has 2 aromatic rings. The second-order valence-electron chi connectivity index (χ2n) is 7.37. The highest BCUT2D eigenvalue weighted by atomic mass is 16.5. The van der Waals surface area contributed by atoms with E-state index in [4.69, 9.17) is 4.74 Å². The van der Waals surface area contributed by atoms with Crippen molar-refractivity contribution in [2.75, 3.05) is 32.1 Å². The van der Waals surface area contributed by atoms with E-state index < -0.39 is 0 Å². The highest BCUT2D eigenvalue weighted by molar-refractivity contribution is 5.91. The van der Waals surface area contributed by atoms with E-state index in [0.29, 0.717) is 12.2 Å². The number of anilines is 1. The fourth-order valence-electron chi connectivity index (χ4n) is 3.06. The van der Waals surface area contributed by atoms with Crippen LogP contribution in [0.4, 0.5) is 5.69 Å². The predicted molar refractivity (Wildman–Crippen MR) is 115 cm³/mol. The van der Waals surface area contributed by atoms with E-state index in [9.17, 15) is 9.59 Å². The molecule has 0 saturated carbocycles. The quantitative estimate of drug-likeness (QED) is 0.605. The van der Waals surface area contributed by atoms with Crippen LogP contribution < -0.4 is 20.3 Å². The molecule has 0 aliphatic rings. The van der Waals surface area contributed by atoms with E-state index in [0.717, 1.165) is 16.2 Å². The zero-order chi connectivity index (χ0) is 21.4. The van der Waals surface area contributed by atoms with E-state index in [1.165, 1.54) is 11.1 Å². The van der Waals surface area contributed by atoms with Crippen molar-refractivity contribution in [3.8, 4) is 5.75 Å². The minimum absolute atomic E-state index is 0.0650. The molecule has 1 unspecified atom stereocenters. The van der Waals surface area contributed by atoms with Gasteiger partial charge in [0.25, 0.3) is 11.8 Å². The van der Waals surface area contributed by atoms with Crippen molar-refractivity contribution in [1.29, 1.82) is 0 Å². The third-order valence-corrected chi connectivity index (χ3v) is 5.10. The Morgan fingerprint density at radius 2 is 1.66 bits per heavy atom. The normalized spacial score (nSPS) is 12.7. The maximum Gasteiger partial charge on any atom is 0.279 e. The molecule has 0 aliphatic carbocycles. The van der Waals surface area contributed by atoms with E-state index in [2.05, 4.69) is 36.6 Å². The van der Waals surface area contributed by atoms with Crippen molar-refractivity contribution in [1.82, 2.24) is 5.32 Å². The molecule has 2 rings (SSSR count). The Morgan fingerprint density at radius 1 is 1.00 bits per heavy atom. The van der Waals surface area contributed by atoms with Gasteiger partial charge < -0.3 is 20.3 Å². The Morgan fingerprint density at radius 3 is 2.24 bits per heavy atom. The molecule has 0 aromatic heterocycles. The fraction of sp³-hybridized carbons (Fsp3) is 0.391. The van der Waals surface area contributed by atoms with Gasteiger partial charge in [0.15, 0.2) is 13.1 Å². The molecule has 2 amide bonds. The summed E-state index contributed by atoms with van der Waals surface area (Å²) in [7, 11) is 1.60. The average Bonchev–Trinajstić information content (AvgIpc) is 2.69. The highest BCUT2D eigenvalue weighted by Gasteiger charge is 2.18. The van der Waals surface area contributed by atoms with Crippen LogP contribution in [-0.2, 0) is 9.59 Å². The van der Waals surface area contributed by atoms with Gasteiger partial charge in [-0.2, -0.15) is 0 Å². The molecule has 0 aliphatic heterocycles. The van der Waals surface area contributed by atoms with Gasteiger partial charge in [-0.1, -0.05) is 18.2 Å². The molecule has 0 fully saturated rings. The zero-order valence-electron chi connectivity index (χ0n) is 18.0. The number of methoxy groups -OCH3 is 1. The summed E-state index contributed by atoms with van der Waals surface area (Å²) in [6, 6.07) is 13.3. The summed E-state index contributed by atoms with van der Waals surface area (Å²) in [5.74, 6) is 0.547. The number of carbonyl (C=O) groups is 2. The number of benzene rings is 2. The molecule has 6 heteroatoms. The smallest absolute Gasteiger partial charge is 0.279 e. The van der Waals surface area contributed by atoms with Crippen molar-refractivity contribution in [3.63, 3.8) is 0 Å². The molecule has 0 bridgehead atoms. The van der Waals surface area contributed by atoms with Gasteiger partial charge in [-0.3, -0.25) is 9.59 Å². The molecule has 2 atom stereocenters. The number of hydrogen-bond donors (Lipinski definition) is 3. The Balaban J connectivity index is 1.86. The SMILES string of the molecule is CC[NH+](CC(=O)Nc1ccc(OC)cc1)CC(=O)N[C@@H](C)c1ccc(C)c(C)c1. The molecule has 0 heterocycles. The van der Waals surface area contributed by atoms with Crippen molar-refractivity contribution in [2.45, 2.75) is 33.7 Å². The monoisotopic (exact) mass is 398 g/mol. The van der Waals surface area contributed by atoms with E-state index in [1.54, 1.807) is 31.4 Å². The van der Waals surface area contributed by atoms with Crippen molar-refractivity contribution < 1.29 is 19.2 Å². The summed E-state index contributed by atoms with van der Waals surface area (Å²) in [5.41, 5.74) is 4.23. The minimum atomic E-state index is -0.123. The van der Waals surface area contributed by atoms with Gasteiger partial charge in [0.1, 0.15) is 5.75 Å². The van der Waals surface area contributed by atoms with Crippen LogP contribution in [0.1, 0.15) is 36.6 Å². The van der Waals surface area contributed by atoms with Crippen LogP contribution in [0.25, 0.3) is 0 Å². The van der Waals surface area contributed by atoms with Gasteiger partial charge in [-0.05, 0) is 68.7 Å². The molecule has 2 aromatic carbocycles. The van der Waals surface area contributed by atoms with E-state index >= 15 is 0 Å². The first kappa shape index (κ1) is 22.4. The largest absolute Gasteiger partial charge is 0.497 e. The van der Waals surface area contributed by atoms with Crippen molar-refractivity contribution in [2.24, 2.45) is 0 Å². The van der Waals surface area contributed by atoms with Crippen LogP contribution in [0, 0.1) is 13.8 Å². The topological polar surface area (TPSA) is 71.9 Å². The van der Waals surface area contributed by atoms with Gasteiger partial charge in [0.05, 0.1) is 19.7 Å². The Bertz CT molecular complexity index is 834. The lowest BCUT2D eigenvalue weighted by Crippen LogP contribution is -3.14. The molecule has 0 saturated heterocycles. The maximum atomic E-state index is 12.5. The molecule has 0 radical (unpaired) electrons. The number of aryl methyl sites for hydroxylation is 2. The summed E-state index contributed by atoms with van der Waals surface area (Å²) in [6.07, 6.45) is 0. The molecule has 0 spiro atoms. The number of nitrogens with one attached hydrogen (secondary N) is 3. The van der Waals surface area contributed by atoms with Crippen molar-refractivity contribution >= 4 is 17.5 Å². The number of ether oxygens (including phenoxy) is 1. The first-order valence-corrected chi connectivity index (χ1v) is 9.96. The van der Waals surface area contributed by atoms with Crippen LogP contribution >= 0.6 is 0 Å². The van der Waals surface area contributed by atoms with E-state index in [1.807, 2.05) is 19.9 Å². The standard InChI is InChI=1S/C23H31N3O3/c1-6-26(15-23(28)25-20-9-11-21(29-5)12-10-20)14-22(27)24-18(4)19-8-7-16(2)17(3)13-19/h7-13,18H,6,14-15H2,1-5H3,(H,24,27)(H,25,28)/p+1/t18-/m0/s1. The lowest BCUT2D eigenvalue weighted by Gasteiger charge is -2.20. The van der Waals surface area contributed by atoms with Gasteiger partial charge in [-0.25, -0.2) is 0 Å². The zero-order valence-corrected chi connectivity index (χ0v) is 18.0. The summed E-state index contributed by atoms with van der Waals surface area (Å²) in [5, 5.41) is 5.90. The number of amides is 2. The number of quaternary nitrogens is 1. The molecular weight excluding hydrogens is 366 g/mol. The maximum absolute atomic E-state index is 12.5. The molecule has 3 N–H and O–H groups in total. The second kappa shape index (κ2) is 10.6. The van der Waals surface area contributed by atoms with E-state index in [-0.39, 0.29) is 30.9 Å². The lowest BCUT2D eigenvalue weighted by atomic mass is 10.0. The minimum Gasteiger partial charge on any atom is -0.497 e. The van der Waals surface area contributed by atoms with Gasteiger partial charge in [0.2, 0.25) is 0 Å². The van der Waals surface area contributed by atoms with Crippen LogP contribution in [0.2, 0.25) is 0 Å².